The Balaban J connectivity index is 2.56. The summed E-state index contributed by atoms with van der Waals surface area (Å²) in [6.45, 7) is 9.12. The minimum Gasteiger partial charge on any atom is -0.493 e. The summed E-state index contributed by atoms with van der Waals surface area (Å²) in [5, 5.41) is 9.31. The maximum atomic E-state index is 9.31. The Morgan fingerprint density at radius 1 is 1.31 bits per heavy atom. The van der Waals surface area contributed by atoms with E-state index in [0.717, 1.165) is 5.75 Å². The van der Waals surface area contributed by atoms with Gasteiger partial charge in [0.05, 0.1) is 6.61 Å². The monoisotopic (exact) mass is 222 g/mol. The lowest BCUT2D eigenvalue weighted by atomic mass is 9.82. The van der Waals surface area contributed by atoms with Crippen LogP contribution in [-0.2, 0) is 0 Å². The fraction of sp³-hybridized carbons (Fsp3) is 0.571. The van der Waals surface area contributed by atoms with E-state index in [1.807, 2.05) is 31.2 Å². The van der Waals surface area contributed by atoms with E-state index in [2.05, 4.69) is 20.8 Å². The molecule has 0 radical (unpaired) electrons. The summed E-state index contributed by atoms with van der Waals surface area (Å²) in [5.41, 5.74) is 1.26. The predicted octanol–water partition coefficient (Wildman–Crippen LogP) is 3.03. The quantitative estimate of drug-likeness (QED) is 0.848. The van der Waals surface area contributed by atoms with Gasteiger partial charge in [0.25, 0.3) is 0 Å². The van der Waals surface area contributed by atoms with Crippen LogP contribution in [0, 0.1) is 18.3 Å². The van der Waals surface area contributed by atoms with Crippen molar-refractivity contribution in [1.82, 2.24) is 0 Å². The van der Waals surface area contributed by atoms with Gasteiger partial charge in [-0.05, 0) is 30.0 Å². The first-order chi connectivity index (χ1) is 7.43. The van der Waals surface area contributed by atoms with Gasteiger partial charge in [-0.2, -0.15) is 0 Å². The van der Waals surface area contributed by atoms with Crippen molar-refractivity contribution < 1.29 is 9.84 Å². The molecular formula is C14H22O2. The number of hydrogen-bond donors (Lipinski definition) is 1. The second-order valence-corrected chi connectivity index (χ2v) is 5.37. The minimum absolute atomic E-state index is 0.0680. The predicted molar refractivity (Wildman–Crippen MR) is 66.7 cm³/mol. The average Bonchev–Trinajstić information content (AvgIpc) is 2.16. The summed E-state index contributed by atoms with van der Waals surface area (Å²) in [5.74, 6) is 1.04. The van der Waals surface area contributed by atoms with Gasteiger partial charge in [0.2, 0.25) is 0 Å². The summed E-state index contributed by atoms with van der Waals surface area (Å²) >= 11 is 0. The highest BCUT2D eigenvalue weighted by atomic mass is 16.5. The zero-order chi connectivity index (χ0) is 12.2. The van der Waals surface area contributed by atoms with Crippen LogP contribution in [0.2, 0.25) is 0 Å². The van der Waals surface area contributed by atoms with E-state index in [1.54, 1.807) is 0 Å². The summed E-state index contributed by atoms with van der Waals surface area (Å²) in [6, 6.07) is 7.98. The molecule has 0 bridgehead atoms. The zero-order valence-electron chi connectivity index (χ0n) is 10.7. The zero-order valence-corrected chi connectivity index (χ0v) is 10.7. The third-order valence-corrected chi connectivity index (χ3v) is 2.89. The molecule has 0 saturated heterocycles. The van der Waals surface area contributed by atoms with Crippen LogP contribution in [-0.4, -0.2) is 18.3 Å². The Bertz CT molecular complexity index is 326. The lowest BCUT2D eigenvalue weighted by molar-refractivity contribution is 0.0818. The molecule has 0 saturated carbocycles. The van der Waals surface area contributed by atoms with E-state index in [-0.39, 0.29) is 17.9 Å². The molecule has 0 aliphatic heterocycles. The van der Waals surface area contributed by atoms with Gasteiger partial charge in [-0.1, -0.05) is 32.9 Å². The highest BCUT2D eigenvalue weighted by molar-refractivity contribution is 5.27. The van der Waals surface area contributed by atoms with E-state index in [9.17, 15) is 5.11 Å². The van der Waals surface area contributed by atoms with Crippen LogP contribution < -0.4 is 4.74 Å². The van der Waals surface area contributed by atoms with Crippen molar-refractivity contribution in [3.63, 3.8) is 0 Å². The first-order valence-corrected chi connectivity index (χ1v) is 5.74. The minimum atomic E-state index is 0.0680. The number of aryl methyl sites for hydroxylation is 1. The third kappa shape index (κ3) is 3.86. The van der Waals surface area contributed by atoms with Crippen LogP contribution in [0.15, 0.2) is 24.3 Å². The molecule has 2 nitrogen and oxygen atoms in total. The van der Waals surface area contributed by atoms with Crippen LogP contribution >= 0.6 is 0 Å². The van der Waals surface area contributed by atoms with Crippen molar-refractivity contribution in [3.05, 3.63) is 29.8 Å². The Labute approximate surface area is 98.3 Å². The van der Waals surface area contributed by atoms with Gasteiger partial charge >= 0.3 is 0 Å². The van der Waals surface area contributed by atoms with Gasteiger partial charge in [-0.25, -0.2) is 0 Å². The normalized spacial score (nSPS) is 13.6. The summed E-state index contributed by atoms with van der Waals surface area (Å²) in [6.07, 6.45) is 0. The van der Waals surface area contributed by atoms with Crippen LogP contribution in [0.3, 0.4) is 0 Å². The standard InChI is InChI=1S/C14H22O2/c1-11-6-5-7-13(8-11)16-10-12(9-15)14(2,3)4/h5-8,12,15H,9-10H2,1-4H3. The Morgan fingerprint density at radius 3 is 2.50 bits per heavy atom. The molecule has 16 heavy (non-hydrogen) atoms. The second kappa shape index (κ2) is 5.35. The molecule has 1 unspecified atom stereocenters. The Kier molecular flexibility index (Phi) is 4.36. The van der Waals surface area contributed by atoms with Crippen molar-refractivity contribution in [2.45, 2.75) is 27.7 Å². The van der Waals surface area contributed by atoms with Crippen molar-refractivity contribution in [3.8, 4) is 5.75 Å². The van der Waals surface area contributed by atoms with Crippen molar-refractivity contribution in [2.24, 2.45) is 11.3 Å². The fourth-order valence-corrected chi connectivity index (χ4v) is 1.48. The molecule has 1 aromatic rings. The molecule has 0 heterocycles. The third-order valence-electron chi connectivity index (χ3n) is 2.89. The molecule has 0 fully saturated rings. The number of aliphatic hydroxyl groups excluding tert-OH is 1. The lowest BCUT2D eigenvalue weighted by Crippen LogP contribution is -2.29. The highest BCUT2D eigenvalue weighted by Crippen LogP contribution is 2.26. The molecule has 2 heteroatoms. The number of aliphatic hydroxyl groups is 1. The molecule has 1 aromatic carbocycles. The molecule has 1 atom stereocenters. The number of rotatable bonds is 4. The molecule has 1 N–H and O–H groups in total. The first-order valence-electron chi connectivity index (χ1n) is 5.74. The number of hydrogen-bond acceptors (Lipinski definition) is 2. The molecule has 0 aromatic heterocycles. The largest absolute Gasteiger partial charge is 0.493 e. The summed E-state index contributed by atoms with van der Waals surface area (Å²) in [4.78, 5) is 0. The number of ether oxygens (including phenoxy) is 1. The van der Waals surface area contributed by atoms with Crippen LogP contribution in [0.5, 0.6) is 5.75 Å². The van der Waals surface area contributed by atoms with Crippen LogP contribution in [0.25, 0.3) is 0 Å². The van der Waals surface area contributed by atoms with Crippen LogP contribution in [0.1, 0.15) is 26.3 Å². The molecule has 0 aliphatic rings. The van der Waals surface area contributed by atoms with Gasteiger partial charge < -0.3 is 9.84 Å². The van der Waals surface area contributed by atoms with E-state index >= 15 is 0 Å². The Morgan fingerprint density at radius 2 is 2.00 bits per heavy atom. The van der Waals surface area contributed by atoms with Crippen LogP contribution in [0.4, 0.5) is 0 Å². The van der Waals surface area contributed by atoms with Gasteiger partial charge in [0.1, 0.15) is 5.75 Å². The second-order valence-electron chi connectivity index (χ2n) is 5.37. The SMILES string of the molecule is Cc1cccc(OCC(CO)C(C)(C)C)c1. The average molecular weight is 222 g/mol. The molecule has 1 rings (SSSR count). The molecular weight excluding hydrogens is 200 g/mol. The van der Waals surface area contributed by atoms with E-state index in [4.69, 9.17) is 4.74 Å². The highest BCUT2D eigenvalue weighted by Gasteiger charge is 2.24. The first kappa shape index (κ1) is 13.0. The van der Waals surface area contributed by atoms with Gasteiger partial charge in [0, 0.05) is 12.5 Å². The van der Waals surface area contributed by atoms with E-state index in [0.29, 0.717) is 6.61 Å². The van der Waals surface area contributed by atoms with Crippen molar-refractivity contribution in [2.75, 3.05) is 13.2 Å². The smallest absolute Gasteiger partial charge is 0.119 e. The summed E-state index contributed by atoms with van der Waals surface area (Å²) < 4.78 is 5.71. The summed E-state index contributed by atoms with van der Waals surface area (Å²) in [7, 11) is 0. The maximum absolute atomic E-state index is 9.31. The lowest BCUT2D eigenvalue weighted by Gasteiger charge is -2.28. The fourth-order valence-electron chi connectivity index (χ4n) is 1.48. The van der Waals surface area contributed by atoms with Crippen molar-refractivity contribution in [1.29, 1.82) is 0 Å². The van der Waals surface area contributed by atoms with E-state index < -0.39 is 0 Å². The molecule has 0 spiro atoms. The van der Waals surface area contributed by atoms with Gasteiger partial charge in [-0.15, -0.1) is 0 Å². The Hall–Kier alpha value is -1.02. The molecule has 0 aliphatic carbocycles. The van der Waals surface area contributed by atoms with E-state index in [1.165, 1.54) is 5.56 Å². The maximum Gasteiger partial charge on any atom is 0.119 e. The van der Waals surface area contributed by atoms with Gasteiger partial charge in [-0.3, -0.25) is 0 Å². The van der Waals surface area contributed by atoms with Gasteiger partial charge in [0.15, 0.2) is 0 Å². The molecule has 90 valence electrons. The molecule has 0 amide bonds. The number of benzene rings is 1. The topological polar surface area (TPSA) is 29.5 Å². The van der Waals surface area contributed by atoms with Crippen molar-refractivity contribution >= 4 is 0 Å².